The van der Waals surface area contributed by atoms with Gasteiger partial charge in [-0.25, -0.2) is 4.79 Å². The molecule has 21 heavy (non-hydrogen) atoms. The number of Topliss-reactive ketones (excluding diaryl/α,β-unsaturated/α-hetero) is 1. The van der Waals surface area contributed by atoms with Gasteiger partial charge in [0.25, 0.3) is 0 Å². The summed E-state index contributed by atoms with van der Waals surface area (Å²) in [5.74, 6) is -1.63. The third-order valence-electron chi connectivity index (χ3n) is 3.74. The highest BCUT2D eigenvalue weighted by Crippen LogP contribution is 2.29. The van der Waals surface area contributed by atoms with Gasteiger partial charge >= 0.3 is 5.97 Å². The molecule has 1 aromatic carbocycles. The molecule has 2 atom stereocenters. The molecule has 1 N–H and O–H groups in total. The van der Waals surface area contributed by atoms with Gasteiger partial charge in [0.15, 0.2) is 5.60 Å². The van der Waals surface area contributed by atoms with Gasteiger partial charge < -0.3 is 9.84 Å². The molecule has 0 aliphatic heterocycles. The molecule has 0 aromatic heterocycles. The number of benzene rings is 1. The van der Waals surface area contributed by atoms with Crippen molar-refractivity contribution in [3.05, 3.63) is 35.9 Å². The summed E-state index contributed by atoms with van der Waals surface area (Å²) < 4.78 is 4.99. The first kappa shape index (κ1) is 17.4. The van der Waals surface area contributed by atoms with Gasteiger partial charge in [0.2, 0.25) is 0 Å². The summed E-state index contributed by atoms with van der Waals surface area (Å²) in [6.07, 6.45) is 1.09. The maximum absolute atomic E-state index is 12.2. The van der Waals surface area contributed by atoms with Crippen LogP contribution in [-0.4, -0.2) is 29.1 Å². The summed E-state index contributed by atoms with van der Waals surface area (Å²) in [4.78, 5) is 23.9. The highest BCUT2D eigenvalue weighted by atomic mass is 16.5. The number of aryl methyl sites for hydroxylation is 1. The zero-order valence-corrected chi connectivity index (χ0v) is 13.0. The van der Waals surface area contributed by atoms with Crippen LogP contribution in [0.25, 0.3) is 0 Å². The third kappa shape index (κ3) is 4.39. The Bertz CT molecular complexity index is 469. The molecule has 0 fully saturated rings. The van der Waals surface area contributed by atoms with E-state index >= 15 is 0 Å². The number of hydrogen-bond acceptors (Lipinski definition) is 4. The molecule has 4 heteroatoms. The second kappa shape index (κ2) is 7.93. The Morgan fingerprint density at radius 3 is 2.33 bits per heavy atom. The number of ether oxygens (including phenoxy) is 1. The number of carbonyl (C=O) groups is 2. The van der Waals surface area contributed by atoms with Crippen LogP contribution in [0.15, 0.2) is 30.3 Å². The van der Waals surface area contributed by atoms with Gasteiger partial charge in [-0.05, 0) is 38.7 Å². The van der Waals surface area contributed by atoms with Crippen LogP contribution in [0.3, 0.4) is 0 Å². The van der Waals surface area contributed by atoms with E-state index in [0.29, 0.717) is 12.8 Å². The largest absolute Gasteiger partial charge is 0.464 e. The van der Waals surface area contributed by atoms with Crippen LogP contribution in [0.1, 0.15) is 39.2 Å². The minimum Gasteiger partial charge on any atom is -0.464 e. The molecule has 0 aliphatic carbocycles. The lowest BCUT2D eigenvalue weighted by Gasteiger charge is -2.32. The van der Waals surface area contributed by atoms with Crippen LogP contribution < -0.4 is 0 Å². The molecule has 0 radical (unpaired) electrons. The van der Waals surface area contributed by atoms with Crippen molar-refractivity contribution < 1.29 is 19.4 Å². The summed E-state index contributed by atoms with van der Waals surface area (Å²) in [5.41, 5.74) is -0.745. The first-order valence-corrected chi connectivity index (χ1v) is 7.39. The zero-order chi connectivity index (χ0) is 15.9. The van der Waals surface area contributed by atoms with E-state index < -0.39 is 17.5 Å². The molecule has 0 heterocycles. The third-order valence-corrected chi connectivity index (χ3v) is 3.74. The number of carbonyl (C=O) groups excluding carboxylic acids is 2. The molecule has 0 bridgehead atoms. The van der Waals surface area contributed by atoms with Gasteiger partial charge in [-0.3, -0.25) is 4.79 Å². The van der Waals surface area contributed by atoms with Crippen molar-refractivity contribution in [3.63, 3.8) is 0 Å². The monoisotopic (exact) mass is 292 g/mol. The number of hydrogen-bond donors (Lipinski definition) is 1. The zero-order valence-electron chi connectivity index (χ0n) is 13.0. The molecular formula is C17H24O4. The Morgan fingerprint density at radius 1 is 1.24 bits per heavy atom. The molecule has 0 aliphatic rings. The van der Waals surface area contributed by atoms with Crippen LogP contribution in [0.5, 0.6) is 0 Å². The smallest absolute Gasteiger partial charge is 0.338 e. The molecule has 1 rings (SSSR count). The fourth-order valence-corrected chi connectivity index (χ4v) is 2.62. The highest BCUT2D eigenvalue weighted by Gasteiger charge is 2.46. The van der Waals surface area contributed by atoms with E-state index in [2.05, 4.69) is 0 Å². The predicted octanol–water partition coefficient (Wildman–Crippen LogP) is 2.53. The van der Waals surface area contributed by atoms with Gasteiger partial charge in [0, 0.05) is 0 Å². The van der Waals surface area contributed by atoms with Gasteiger partial charge in [-0.2, -0.15) is 0 Å². The Morgan fingerprint density at radius 2 is 1.86 bits per heavy atom. The Balaban J connectivity index is 2.95. The quantitative estimate of drug-likeness (QED) is 0.748. The van der Waals surface area contributed by atoms with Crippen LogP contribution in [0, 0.1) is 5.92 Å². The maximum atomic E-state index is 12.2. The van der Waals surface area contributed by atoms with E-state index in [1.807, 2.05) is 30.3 Å². The van der Waals surface area contributed by atoms with E-state index in [-0.39, 0.29) is 18.8 Å². The molecule has 116 valence electrons. The van der Waals surface area contributed by atoms with Crippen molar-refractivity contribution in [2.24, 2.45) is 5.92 Å². The number of ketones is 1. The van der Waals surface area contributed by atoms with E-state index in [1.165, 1.54) is 6.92 Å². The summed E-state index contributed by atoms with van der Waals surface area (Å²) in [6, 6.07) is 9.58. The predicted molar refractivity (Wildman–Crippen MR) is 80.8 cm³/mol. The number of aliphatic hydroxyl groups is 1. The number of esters is 1. The lowest BCUT2D eigenvalue weighted by molar-refractivity contribution is -0.175. The van der Waals surface area contributed by atoms with E-state index in [1.54, 1.807) is 13.8 Å². The van der Waals surface area contributed by atoms with E-state index in [4.69, 9.17) is 4.74 Å². The Hall–Kier alpha value is -1.68. The van der Waals surface area contributed by atoms with Crippen LogP contribution >= 0.6 is 0 Å². The summed E-state index contributed by atoms with van der Waals surface area (Å²) in [7, 11) is 0. The maximum Gasteiger partial charge on any atom is 0.338 e. The van der Waals surface area contributed by atoms with Gasteiger partial charge in [0.05, 0.1) is 12.5 Å². The van der Waals surface area contributed by atoms with E-state index in [9.17, 15) is 14.7 Å². The van der Waals surface area contributed by atoms with Crippen LogP contribution in [0.4, 0.5) is 0 Å². The van der Waals surface area contributed by atoms with Crippen molar-refractivity contribution in [2.45, 2.75) is 45.6 Å². The van der Waals surface area contributed by atoms with Crippen LogP contribution in [-0.2, 0) is 20.7 Å². The molecule has 4 nitrogen and oxygen atoms in total. The SMILES string of the molecule is CCOC(=O)C(O)(CCc1ccccc1)C(CC)C(C)=O. The van der Waals surface area contributed by atoms with Gasteiger partial charge in [-0.15, -0.1) is 0 Å². The first-order chi connectivity index (χ1) is 9.95. The first-order valence-electron chi connectivity index (χ1n) is 7.39. The topological polar surface area (TPSA) is 63.6 Å². The summed E-state index contributed by atoms with van der Waals surface area (Å²) in [6.45, 7) is 5.06. The van der Waals surface area contributed by atoms with Gasteiger partial charge in [0.1, 0.15) is 5.78 Å². The van der Waals surface area contributed by atoms with Crippen molar-refractivity contribution in [2.75, 3.05) is 6.61 Å². The second-order valence-electron chi connectivity index (χ2n) is 5.20. The van der Waals surface area contributed by atoms with Gasteiger partial charge in [-0.1, -0.05) is 37.3 Å². The lowest BCUT2D eigenvalue weighted by Crippen LogP contribution is -2.50. The molecule has 0 spiro atoms. The van der Waals surface area contributed by atoms with Crippen molar-refractivity contribution >= 4 is 11.8 Å². The molecule has 2 unspecified atom stereocenters. The minimum absolute atomic E-state index is 0.175. The molecule has 0 saturated carbocycles. The average molecular weight is 292 g/mol. The fraction of sp³-hybridized carbons (Fsp3) is 0.529. The summed E-state index contributed by atoms with van der Waals surface area (Å²) >= 11 is 0. The standard InChI is InChI=1S/C17H24O4/c1-4-15(13(3)18)17(20,16(19)21-5-2)12-11-14-9-7-6-8-10-14/h6-10,15,20H,4-5,11-12H2,1-3H3. The van der Waals surface area contributed by atoms with Crippen molar-refractivity contribution in [1.82, 2.24) is 0 Å². The molecule has 0 saturated heterocycles. The second-order valence-corrected chi connectivity index (χ2v) is 5.20. The average Bonchev–Trinajstić information content (AvgIpc) is 2.46. The molecular weight excluding hydrogens is 268 g/mol. The molecule has 0 amide bonds. The van der Waals surface area contributed by atoms with Crippen LogP contribution in [0.2, 0.25) is 0 Å². The molecule has 1 aromatic rings. The lowest BCUT2D eigenvalue weighted by atomic mass is 9.78. The number of rotatable bonds is 8. The van der Waals surface area contributed by atoms with E-state index in [0.717, 1.165) is 5.56 Å². The normalized spacial score (nSPS) is 15.0. The van der Waals surface area contributed by atoms with Crippen molar-refractivity contribution in [3.8, 4) is 0 Å². The highest BCUT2D eigenvalue weighted by molar-refractivity contribution is 5.89. The minimum atomic E-state index is -1.76. The summed E-state index contributed by atoms with van der Waals surface area (Å²) in [5, 5.41) is 10.8. The Labute approximate surface area is 126 Å². The Kier molecular flexibility index (Phi) is 6.56. The fourth-order valence-electron chi connectivity index (χ4n) is 2.62. The van der Waals surface area contributed by atoms with Crippen molar-refractivity contribution in [1.29, 1.82) is 0 Å².